The van der Waals surface area contributed by atoms with Gasteiger partial charge in [0, 0.05) is 25.3 Å². The summed E-state index contributed by atoms with van der Waals surface area (Å²) in [6, 6.07) is 3.19. The second-order valence-corrected chi connectivity index (χ2v) is 4.03. The van der Waals surface area contributed by atoms with Crippen molar-refractivity contribution in [1.29, 1.82) is 5.26 Å². The molecule has 0 radical (unpaired) electrons. The fourth-order valence-corrected chi connectivity index (χ4v) is 1.83. The van der Waals surface area contributed by atoms with Crippen molar-refractivity contribution in [3.8, 4) is 6.07 Å². The molecule has 8 heteroatoms. The third kappa shape index (κ3) is 3.15. The predicted octanol–water partition coefficient (Wildman–Crippen LogP) is 0.262. The highest BCUT2D eigenvalue weighted by atomic mass is 16.6. The summed E-state index contributed by atoms with van der Waals surface area (Å²) in [5.41, 5.74) is -0.294. The lowest BCUT2D eigenvalue weighted by molar-refractivity contribution is -0.384. The number of morpholine rings is 1. The maximum Gasteiger partial charge on any atom is 0.328 e. The molecule has 0 aromatic carbocycles. The summed E-state index contributed by atoms with van der Waals surface area (Å²) in [4.78, 5) is 14.3. The van der Waals surface area contributed by atoms with Gasteiger partial charge in [-0.1, -0.05) is 0 Å². The molecule has 1 unspecified atom stereocenters. The van der Waals surface area contributed by atoms with E-state index in [1.165, 1.54) is 12.3 Å². The summed E-state index contributed by atoms with van der Waals surface area (Å²) in [5.74, 6) is 0.108. The minimum absolute atomic E-state index is 0.00430. The quantitative estimate of drug-likeness (QED) is 0.591. The first kappa shape index (κ1) is 13.2. The average Bonchev–Trinajstić information content (AvgIpc) is 2.45. The van der Waals surface area contributed by atoms with E-state index in [-0.39, 0.29) is 23.1 Å². The number of nitriles is 1. The molecule has 19 heavy (non-hydrogen) atoms. The number of nitrogens with one attached hydrogen (secondary N) is 2. The average molecular weight is 263 g/mol. The largest absolute Gasteiger partial charge is 0.378 e. The van der Waals surface area contributed by atoms with E-state index in [9.17, 15) is 10.1 Å². The summed E-state index contributed by atoms with van der Waals surface area (Å²) < 4.78 is 5.28. The van der Waals surface area contributed by atoms with Crippen molar-refractivity contribution < 1.29 is 9.66 Å². The van der Waals surface area contributed by atoms with Crippen molar-refractivity contribution in [2.75, 3.05) is 31.6 Å². The number of hydrogen-bond acceptors (Lipinski definition) is 7. The number of pyridine rings is 1. The van der Waals surface area contributed by atoms with Gasteiger partial charge in [-0.2, -0.15) is 5.26 Å². The highest BCUT2D eigenvalue weighted by Crippen LogP contribution is 2.25. The van der Waals surface area contributed by atoms with E-state index < -0.39 is 4.92 Å². The van der Waals surface area contributed by atoms with Crippen LogP contribution >= 0.6 is 0 Å². The Morgan fingerprint density at radius 3 is 3.21 bits per heavy atom. The third-order valence-electron chi connectivity index (χ3n) is 2.74. The fraction of sp³-hybridized carbons (Fsp3) is 0.455. The maximum atomic E-state index is 11.0. The number of nitro groups is 1. The predicted molar refractivity (Wildman–Crippen MR) is 66.7 cm³/mol. The standard InChI is InChI=1S/C11H13N5O3/c12-5-8-1-2-14-11(10(8)16(17)18)15-6-9-7-19-4-3-13-9/h1-2,9,13H,3-4,6-7H2,(H,14,15). The maximum absolute atomic E-state index is 11.0. The normalized spacial score (nSPS) is 18.6. The molecule has 100 valence electrons. The molecule has 0 saturated carbocycles. The molecule has 1 fully saturated rings. The van der Waals surface area contributed by atoms with E-state index in [0.717, 1.165) is 6.54 Å². The fourth-order valence-electron chi connectivity index (χ4n) is 1.83. The van der Waals surface area contributed by atoms with Crippen LogP contribution in [-0.2, 0) is 4.74 Å². The molecule has 1 aromatic rings. The summed E-state index contributed by atoms with van der Waals surface area (Å²) in [5, 5.41) is 26.0. The van der Waals surface area contributed by atoms with Gasteiger partial charge in [-0.3, -0.25) is 10.1 Å². The van der Waals surface area contributed by atoms with Gasteiger partial charge in [0.2, 0.25) is 5.82 Å². The van der Waals surface area contributed by atoms with Gasteiger partial charge in [0.15, 0.2) is 0 Å². The number of nitrogens with zero attached hydrogens (tertiary/aromatic N) is 3. The van der Waals surface area contributed by atoms with Gasteiger partial charge in [-0.15, -0.1) is 0 Å². The smallest absolute Gasteiger partial charge is 0.328 e. The van der Waals surface area contributed by atoms with Crippen molar-refractivity contribution in [1.82, 2.24) is 10.3 Å². The van der Waals surface area contributed by atoms with Crippen LogP contribution in [0.25, 0.3) is 0 Å². The van der Waals surface area contributed by atoms with Gasteiger partial charge in [-0.05, 0) is 6.07 Å². The van der Waals surface area contributed by atoms with Crippen molar-refractivity contribution in [3.05, 3.63) is 27.9 Å². The van der Waals surface area contributed by atoms with Gasteiger partial charge in [0.1, 0.15) is 11.6 Å². The molecular weight excluding hydrogens is 250 g/mol. The van der Waals surface area contributed by atoms with Crippen LogP contribution < -0.4 is 10.6 Å². The van der Waals surface area contributed by atoms with Gasteiger partial charge < -0.3 is 15.4 Å². The molecule has 1 aromatic heterocycles. The third-order valence-corrected chi connectivity index (χ3v) is 2.74. The molecule has 1 aliphatic heterocycles. The number of anilines is 1. The van der Waals surface area contributed by atoms with Crippen LogP contribution in [0.4, 0.5) is 11.5 Å². The first-order valence-electron chi connectivity index (χ1n) is 5.81. The Labute approximate surface area is 109 Å². The Morgan fingerprint density at radius 1 is 1.74 bits per heavy atom. The molecule has 0 aliphatic carbocycles. The summed E-state index contributed by atoms with van der Waals surface area (Å²) in [7, 11) is 0. The Kier molecular flexibility index (Phi) is 4.22. The molecule has 1 aliphatic rings. The molecule has 1 saturated heterocycles. The topological polar surface area (TPSA) is 113 Å². The summed E-state index contributed by atoms with van der Waals surface area (Å²) in [6.45, 7) is 2.40. The van der Waals surface area contributed by atoms with E-state index in [4.69, 9.17) is 10.00 Å². The number of aromatic nitrogens is 1. The van der Waals surface area contributed by atoms with Crippen molar-refractivity contribution in [2.24, 2.45) is 0 Å². The second-order valence-electron chi connectivity index (χ2n) is 4.03. The van der Waals surface area contributed by atoms with Gasteiger partial charge in [0.05, 0.1) is 18.1 Å². The lowest BCUT2D eigenvalue weighted by Gasteiger charge is -2.24. The SMILES string of the molecule is N#Cc1ccnc(NCC2COCCN2)c1[N+](=O)[O-]. The van der Waals surface area contributed by atoms with Crippen LogP contribution in [0.5, 0.6) is 0 Å². The molecule has 2 N–H and O–H groups in total. The summed E-state index contributed by atoms with van der Waals surface area (Å²) in [6.07, 6.45) is 1.37. The molecule has 1 atom stereocenters. The molecule has 8 nitrogen and oxygen atoms in total. The Morgan fingerprint density at radius 2 is 2.58 bits per heavy atom. The zero-order chi connectivity index (χ0) is 13.7. The minimum Gasteiger partial charge on any atom is -0.378 e. The molecule has 2 rings (SSSR count). The van der Waals surface area contributed by atoms with Crippen LogP contribution in [0, 0.1) is 21.4 Å². The van der Waals surface area contributed by atoms with E-state index in [2.05, 4.69) is 15.6 Å². The first-order valence-corrected chi connectivity index (χ1v) is 5.81. The van der Waals surface area contributed by atoms with E-state index in [1.807, 2.05) is 0 Å². The zero-order valence-corrected chi connectivity index (χ0v) is 10.1. The molecule has 0 spiro atoms. The van der Waals surface area contributed by atoms with Crippen LogP contribution in [-0.4, -0.2) is 42.3 Å². The van der Waals surface area contributed by atoms with Crippen LogP contribution in [0.3, 0.4) is 0 Å². The van der Waals surface area contributed by atoms with E-state index in [1.54, 1.807) is 6.07 Å². The van der Waals surface area contributed by atoms with Crippen LogP contribution in [0.2, 0.25) is 0 Å². The Hall–Kier alpha value is -2.24. The molecule has 0 bridgehead atoms. The van der Waals surface area contributed by atoms with Gasteiger partial charge in [-0.25, -0.2) is 4.98 Å². The van der Waals surface area contributed by atoms with Crippen molar-refractivity contribution in [2.45, 2.75) is 6.04 Å². The van der Waals surface area contributed by atoms with E-state index in [0.29, 0.717) is 19.8 Å². The van der Waals surface area contributed by atoms with Crippen molar-refractivity contribution in [3.63, 3.8) is 0 Å². The molecule has 2 heterocycles. The summed E-state index contributed by atoms with van der Waals surface area (Å²) >= 11 is 0. The Bertz CT molecular complexity index is 508. The van der Waals surface area contributed by atoms with Gasteiger partial charge in [0.25, 0.3) is 0 Å². The lowest BCUT2D eigenvalue weighted by Crippen LogP contribution is -2.45. The first-order chi connectivity index (χ1) is 9.22. The van der Waals surface area contributed by atoms with Crippen LogP contribution in [0.1, 0.15) is 5.56 Å². The zero-order valence-electron chi connectivity index (χ0n) is 10.1. The second kappa shape index (κ2) is 6.08. The molecule has 0 amide bonds. The van der Waals surface area contributed by atoms with Crippen molar-refractivity contribution >= 4 is 11.5 Å². The highest BCUT2D eigenvalue weighted by Gasteiger charge is 2.22. The Balaban J connectivity index is 2.11. The van der Waals surface area contributed by atoms with Crippen LogP contribution in [0.15, 0.2) is 12.3 Å². The van der Waals surface area contributed by atoms with E-state index >= 15 is 0 Å². The van der Waals surface area contributed by atoms with Gasteiger partial charge >= 0.3 is 5.69 Å². The number of hydrogen-bond donors (Lipinski definition) is 2. The monoisotopic (exact) mass is 263 g/mol. The lowest BCUT2D eigenvalue weighted by atomic mass is 10.2. The number of rotatable bonds is 4. The number of ether oxygens (including phenoxy) is 1. The highest BCUT2D eigenvalue weighted by molar-refractivity contribution is 5.64. The minimum atomic E-state index is -0.599. The molecular formula is C11H13N5O3.